The van der Waals surface area contributed by atoms with E-state index >= 15 is 0 Å². The van der Waals surface area contributed by atoms with Crippen molar-refractivity contribution < 1.29 is 9.15 Å². The quantitative estimate of drug-likeness (QED) is 0.831. The highest BCUT2D eigenvalue weighted by Gasteiger charge is 1.99. The van der Waals surface area contributed by atoms with Crippen LogP contribution in [0.15, 0.2) is 45.5 Å². The molecule has 0 aliphatic heterocycles. The van der Waals surface area contributed by atoms with E-state index in [1.165, 1.54) is 5.56 Å². The Morgan fingerprint density at radius 2 is 1.94 bits per heavy atom. The van der Waals surface area contributed by atoms with Gasteiger partial charge < -0.3 is 14.5 Å². The third-order valence-corrected chi connectivity index (χ3v) is 3.10. The summed E-state index contributed by atoms with van der Waals surface area (Å²) in [5.74, 6) is 1.84. The maximum absolute atomic E-state index is 5.40. The number of hydrogen-bond acceptors (Lipinski definition) is 3. The highest BCUT2D eigenvalue weighted by Crippen LogP contribution is 2.14. The van der Waals surface area contributed by atoms with Crippen molar-refractivity contribution in [2.24, 2.45) is 0 Å². The van der Waals surface area contributed by atoms with Gasteiger partial charge in [-0.2, -0.15) is 0 Å². The normalized spacial score (nSPS) is 10.6. The lowest BCUT2D eigenvalue weighted by molar-refractivity contribution is 0.414. The van der Waals surface area contributed by atoms with Crippen molar-refractivity contribution in [1.29, 1.82) is 0 Å². The number of benzene rings is 1. The van der Waals surface area contributed by atoms with Crippen molar-refractivity contribution in [2.75, 3.05) is 13.7 Å². The van der Waals surface area contributed by atoms with Crippen LogP contribution in [-0.4, -0.2) is 13.7 Å². The van der Waals surface area contributed by atoms with Crippen LogP contribution >= 0.6 is 15.9 Å². The molecule has 3 nitrogen and oxygen atoms in total. The molecule has 0 saturated carbocycles. The van der Waals surface area contributed by atoms with Crippen molar-refractivity contribution in [3.05, 3.63) is 52.4 Å². The van der Waals surface area contributed by atoms with E-state index in [1.54, 1.807) is 7.11 Å². The molecule has 2 rings (SSSR count). The summed E-state index contributed by atoms with van der Waals surface area (Å²) in [5, 5.41) is 3.35. The molecule has 18 heavy (non-hydrogen) atoms. The predicted molar refractivity (Wildman–Crippen MR) is 74.8 cm³/mol. The lowest BCUT2D eigenvalue weighted by atomic mass is 10.1. The molecule has 0 aliphatic carbocycles. The van der Waals surface area contributed by atoms with Gasteiger partial charge in [0, 0.05) is 0 Å². The van der Waals surface area contributed by atoms with E-state index in [0.29, 0.717) is 0 Å². The lowest BCUT2D eigenvalue weighted by Crippen LogP contribution is -2.16. The van der Waals surface area contributed by atoms with Gasteiger partial charge in [-0.25, -0.2) is 0 Å². The van der Waals surface area contributed by atoms with Crippen LogP contribution in [0.4, 0.5) is 0 Å². The zero-order valence-corrected chi connectivity index (χ0v) is 11.9. The largest absolute Gasteiger partial charge is 0.497 e. The van der Waals surface area contributed by atoms with Gasteiger partial charge in [-0.15, -0.1) is 0 Å². The van der Waals surface area contributed by atoms with Crippen molar-refractivity contribution in [1.82, 2.24) is 5.32 Å². The van der Waals surface area contributed by atoms with E-state index in [-0.39, 0.29) is 0 Å². The third-order valence-electron chi connectivity index (χ3n) is 2.68. The summed E-state index contributed by atoms with van der Waals surface area (Å²) >= 11 is 3.29. The average Bonchev–Trinajstić information content (AvgIpc) is 2.81. The average molecular weight is 310 g/mol. The lowest BCUT2D eigenvalue weighted by Gasteiger charge is -2.04. The van der Waals surface area contributed by atoms with Crippen molar-refractivity contribution in [3.8, 4) is 5.75 Å². The van der Waals surface area contributed by atoms with Gasteiger partial charge in [-0.1, -0.05) is 12.1 Å². The second kappa shape index (κ2) is 6.61. The van der Waals surface area contributed by atoms with Gasteiger partial charge in [0.25, 0.3) is 0 Å². The molecule has 0 unspecified atom stereocenters. The summed E-state index contributed by atoms with van der Waals surface area (Å²) in [4.78, 5) is 0. The molecule has 0 aliphatic rings. The number of nitrogens with one attached hydrogen (secondary N) is 1. The molecule has 96 valence electrons. The predicted octanol–water partition coefficient (Wildman–Crippen LogP) is 3.38. The van der Waals surface area contributed by atoms with Gasteiger partial charge in [0.1, 0.15) is 11.5 Å². The molecular weight excluding hydrogens is 294 g/mol. The molecule has 1 aromatic heterocycles. The van der Waals surface area contributed by atoms with E-state index in [2.05, 4.69) is 33.4 Å². The van der Waals surface area contributed by atoms with Crippen LogP contribution in [0.25, 0.3) is 0 Å². The van der Waals surface area contributed by atoms with Crippen LogP contribution < -0.4 is 10.1 Å². The van der Waals surface area contributed by atoms with Crippen LogP contribution in [0.2, 0.25) is 0 Å². The first-order valence-corrected chi connectivity index (χ1v) is 6.65. The van der Waals surface area contributed by atoms with Gasteiger partial charge in [-0.05, 0) is 58.7 Å². The molecule has 0 atom stereocenters. The fraction of sp³-hybridized carbons (Fsp3) is 0.286. The first-order valence-electron chi connectivity index (χ1n) is 5.86. The molecule has 1 N–H and O–H groups in total. The van der Waals surface area contributed by atoms with Crippen LogP contribution in [0, 0.1) is 0 Å². The van der Waals surface area contributed by atoms with E-state index in [1.807, 2.05) is 24.3 Å². The Labute approximate surface area is 115 Å². The van der Waals surface area contributed by atoms with E-state index in [0.717, 1.165) is 35.7 Å². The number of furan rings is 1. The van der Waals surface area contributed by atoms with Crippen LogP contribution in [0.3, 0.4) is 0 Å². The van der Waals surface area contributed by atoms with E-state index in [4.69, 9.17) is 9.15 Å². The second-order valence-electron chi connectivity index (χ2n) is 3.98. The minimum absolute atomic E-state index is 0.752. The molecule has 1 heterocycles. The third kappa shape index (κ3) is 3.89. The Morgan fingerprint density at radius 3 is 2.56 bits per heavy atom. The molecular formula is C14H16BrNO2. The van der Waals surface area contributed by atoms with Gasteiger partial charge in [0.15, 0.2) is 4.67 Å². The maximum Gasteiger partial charge on any atom is 0.169 e. The SMILES string of the molecule is COc1ccc(CCNCc2ccc(Br)o2)cc1. The smallest absolute Gasteiger partial charge is 0.169 e. The summed E-state index contributed by atoms with van der Waals surface area (Å²) in [6.07, 6.45) is 0.992. The highest BCUT2D eigenvalue weighted by molar-refractivity contribution is 9.10. The zero-order valence-electron chi connectivity index (χ0n) is 10.3. The standard InChI is InChI=1S/C14H16BrNO2/c1-17-12-4-2-11(3-5-12)8-9-16-10-13-6-7-14(15)18-13/h2-7,16H,8-10H2,1H3. The molecule has 0 radical (unpaired) electrons. The minimum Gasteiger partial charge on any atom is -0.497 e. The molecule has 2 aromatic rings. The fourth-order valence-electron chi connectivity index (χ4n) is 1.68. The topological polar surface area (TPSA) is 34.4 Å². The number of halogens is 1. The Morgan fingerprint density at radius 1 is 1.17 bits per heavy atom. The monoisotopic (exact) mass is 309 g/mol. The number of methoxy groups -OCH3 is 1. The molecule has 0 amide bonds. The molecule has 1 aromatic carbocycles. The summed E-state index contributed by atoms with van der Waals surface area (Å²) < 4.78 is 11.3. The molecule has 0 fully saturated rings. The summed E-state index contributed by atoms with van der Waals surface area (Å²) in [5.41, 5.74) is 1.30. The zero-order chi connectivity index (χ0) is 12.8. The maximum atomic E-state index is 5.40. The highest BCUT2D eigenvalue weighted by atomic mass is 79.9. The first kappa shape index (κ1) is 13.2. The number of ether oxygens (including phenoxy) is 1. The van der Waals surface area contributed by atoms with E-state index in [9.17, 15) is 0 Å². The van der Waals surface area contributed by atoms with Crippen LogP contribution in [0.5, 0.6) is 5.75 Å². The van der Waals surface area contributed by atoms with E-state index < -0.39 is 0 Å². The summed E-state index contributed by atoms with van der Waals surface area (Å²) in [6, 6.07) is 12.0. The number of rotatable bonds is 6. The Balaban J connectivity index is 1.71. The first-order chi connectivity index (χ1) is 8.78. The summed E-state index contributed by atoms with van der Waals surface area (Å²) in [6.45, 7) is 1.67. The summed E-state index contributed by atoms with van der Waals surface area (Å²) in [7, 11) is 1.68. The Hall–Kier alpha value is -1.26. The molecule has 0 saturated heterocycles. The van der Waals surface area contributed by atoms with Crippen molar-refractivity contribution >= 4 is 15.9 Å². The second-order valence-corrected chi connectivity index (χ2v) is 4.76. The van der Waals surface area contributed by atoms with Crippen LogP contribution in [0.1, 0.15) is 11.3 Å². The molecule has 0 bridgehead atoms. The fourth-order valence-corrected chi connectivity index (χ4v) is 2.02. The van der Waals surface area contributed by atoms with Crippen molar-refractivity contribution in [2.45, 2.75) is 13.0 Å². The number of hydrogen-bond donors (Lipinski definition) is 1. The molecule has 4 heteroatoms. The Bertz CT molecular complexity index is 479. The van der Waals surface area contributed by atoms with Gasteiger partial charge in [0.2, 0.25) is 0 Å². The van der Waals surface area contributed by atoms with Crippen LogP contribution in [-0.2, 0) is 13.0 Å². The van der Waals surface area contributed by atoms with Gasteiger partial charge >= 0.3 is 0 Å². The van der Waals surface area contributed by atoms with Crippen molar-refractivity contribution in [3.63, 3.8) is 0 Å². The minimum atomic E-state index is 0.752. The van der Waals surface area contributed by atoms with Gasteiger partial charge in [-0.3, -0.25) is 0 Å². The Kier molecular flexibility index (Phi) is 4.84. The molecule has 0 spiro atoms. The van der Waals surface area contributed by atoms with Gasteiger partial charge in [0.05, 0.1) is 13.7 Å².